The summed E-state index contributed by atoms with van der Waals surface area (Å²) in [6.45, 7) is 4.51. The lowest BCUT2D eigenvalue weighted by molar-refractivity contribution is -0.887. The SMILES string of the molecule is CC/C=C\C/C=C\C/C=C\C/C=C\CCCCCCCCCCC(=O)OC(COCCC(C(=O)O)[N+](C)(C)C)COC(=O)CCCCCCC. The average Bonchev–Trinajstić information content (AvgIpc) is 3.06. The van der Waals surface area contributed by atoms with Crippen LogP contribution in [0.3, 0.4) is 0 Å². The number of quaternary nitrogens is 1. The van der Waals surface area contributed by atoms with Gasteiger partial charge in [-0.2, -0.15) is 0 Å². The molecule has 50 heavy (non-hydrogen) atoms. The van der Waals surface area contributed by atoms with Crippen molar-refractivity contribution in [1.29, 1.82) is 0 Å². The van der Waals surface area contributed by atoms with Gasteiger partial charge in [0.15, 0.2) is 12.1 Å². The standard InChI is InChI=1S/C42H73NO7/c1-6-8-10-12-13-14-15-16-17-18-19-20-21-22-23-24-25-26-27-29-31-33-41(45)50-38(37-49-40(44)32-30-28-11-9-7-2)36-48-35-34-39(42(46)47)43(3,4)5/h8,10,13-14,16-17,19-20,38-39H,6-7,9,11-12,15,18,21-37H2,1-5H3/p+1/b10-8-,14-13-,17-16-,20-19-. The molecule has 8 heteroatoms. The predicted molar refractivity (Wildman–Crippen MR) is 206 cm³/mol. The minimum Gasteiger partial charge on any atom is -0.477 e. The van der Waals surface area contributed by atoms with Gasteiger partial charge in [0.25, 0.3) is 0 Å². The molecule has 0 aromatic carbocycles. The third kappa shape index (κ3) is 31.3. The van der Waals surface area contributed by atoms with Gasteiger partial charge in [-0.15, -0.1) is 0 Å². The van der Waals surface area contributed by atoms with Gasteiger partial charge in [-0.05, 0) is 51.4 Å². The molecule has 0 spiro atoms. The molecule has 0 rings (SSSR count). The van der Waals surface area contributed by atoms with Gasteiger partial charge < -0.3 is 23.8 Å². The van der Waals surface area contributed by atoms with Gasteiger partial charge in [0, 0.05) is 19.3 Å². The summed E-state index contributed by atoms with van der Waals surface area (Å²) in [5, 5.41) is 9.56. The van der Waals surface area contributed by atoms with Crippen molar-refractivity contribution in [2.24, 2.45) is 0 Å². The molecule has 0 saturated heterocycles. The van der Waals surface area contributed by atoms with Gasteiger partial charge in [0.05, 0.1) is 34.4 Å². The molecular formula is C42H74NO7+. The summed E-state index contributed by atoms with van der Waals surface area (Å²) in [6, 6.07) is -0.613. The lowest BCUT2D eigenvalue weighted by Gasteiger charge is -2.31. The van der Waals surface area contributed by atoms with E-state index in [0.717, 1.165) is 83.5 Å². The lowest BCUT2D eigenvalue weighted by Crippen LogP contribution is -2.50. The highest BCUT2D eigenvalue weighted by atomic mass is 16.6. The lowest BCUT2D eigenvalue weighted by atomic mass is 10.1. The fraction of sp³-hybridized carbons (Fsp3) is 0.738. The molecule has 0 amide bonds. The Labute approximate surface area is 306 Å². The number of carbonyl (C=O) groups excluding carboxylic acids is 2. The minimum absolute atomic E-state index is 0.0560. The van der Waals surface area contributed by atoms with Crippen LogP contribution in [0.15, 0.2) is 48.6 Å². The van der Waals surface area contributed by atoms with Crippen LogP contribution in [0.1, 0.15) is 149 Å². The van der Waals surface area contributed by atoms with Crippen molar-refractivity contribution in [3.05, 3.63) is 48.6 Å². The number of unbranched alkanes of at least 4 members (excludes halogenated alkanes) is 12. The first-order chi connectivity index (χ1) is 24.1. The van der Waals surface area contributed by atoms with Crippen LogP contribution in [0.25, 0.3) is 0 Å². The van der Waals surface area contributed by atoms with Gasteiger partial charge in [-0.25, -0.2) is 4.79 Å². The fourth-order valence-corrected chi connectivity index (χ4v) is 5.43. The van der Waals surface area contributed by atoms with Crippen LogP contribution in [-0.2, 0) is 28.6 Å². The maximum absolute atomic E-state index is 12.6. The molecule has 8 nitrogen and oxygen atoms in total. The van der Waals surface area contributed by atoms with Crippen LogP contribution < -0.4 is 0 Å². The number of carboxylic acid groups (broad SMARTS) is 1. The van der Waals surface area contributed by atoms with Crippen LogP contribution >= 0.6 is 0 Å². The maximum atomic E-state index is 12.6. The average molecular weight is 705 g/mol. The van der Waals surface area contributed by atoms with E-state index in [2.05, 4.69) is 62.5 Å². The van der Waals surface area contributed by atoms with Gasteiger partial charge in [-0.3, -0.25) is 9.59 Å². The summed E-state index contributed by atoms with van der Waals surface area (Å²) in [4.78, 5) is 36.5. The molecule has 2 unspecified atom stereocenters. The van der Waals surface area contributed by atoms with Gasteiger partial charge in [0.2, 0.25) is 0 Å². The Kier molecular flexibility index (Phi) is 31.6. The number of carboxylic acids is 1. The highest BCUT2D eigenvalue weighted by Crippen LogP contribution is 2.13. The van der Waals surface area contributed by atoms with Gasteiger partial charge in [0.1, 0.15) is 6.61 Å². The monoisotopic (exact) mass is 705 g/mol. The first-order valence-electron chi connectivity index (χ1n) is 19.7. The minimum atomic E-state index is -0.880. The van der Waals surface area contributed by atoms with Crippen molar-refractivity contribution in [3.63, 3.8) is 0 Å². The van der Waals surface area contributed by atoms with Gasteiger partial charge in [-0.1, -0.05) is 127 Å². The Morgan fingerprint density at radius 3 is 1.66 bits per heavy atom. The highest BCUT2D eigenvalue weighted by Gasteiger charge is 2.31. The van der Waals surface area contributed by atoms with E-state index in [1.807, 2.05) is 21.1 Å². The van der Waals surface area contributed by atoms with Crippen LogP contribution in [0, 0.1) is 0 Å². The molecule has 0 aliphatic carbocycles. The zero-order chi connectivity index (χ0) is 37.1. The molecule has 288 valence electrons. The van der Waals surface area contributed by atoms with E-state index >= 15 is 0 Å². The normalized spacial score (nSPS) is 13.5. The van der Waals surface area contributed by atoms with Crippen molar-refractivity contribution >= 4 is 17.9 Å². The second-order valence-electron chi connectivity index (χ2n) is 14.2. The number of aliphatic carboxylic acids is 1. The van der Waals surface area contributed by atoms with E-state index in [1.165, 1.54) is 32.1 Å². The summed E-state index contributed by atoms with van der Waals surface area (Å²) in [6.07, 6.45) is 37.6. The zero-order valence-electron chi connectivity index (χ0n) is 32.6. The molecule has 0 aromatic heterocycles. The third-order valence-corrected chi connectivity index (χ3v) is 8.49. The summed E-state index contributed by atoms with van der Waals surface area (Å²) in [7, 11) is 5.50. The van der Waals surface area contributed by atoms with Crippen molar-refractivity contribution in [2.75, 3.05) is 41.0 Å². The number of carbonyl (C=O) groups is 3. The second-order valence-corrected chi connectivity index (χ2v) is 14.2. The quantitative estimate of drug-likeness (QED) is 0.0308. The van der Waals surface area contributed by atoms with Crippen molar-refractivity contribution < 1.29 is 38.2 Å². The van der Waals surface area contributed by atoms with E-state index in [-0.39, 0.29) is 36.2 Å². The number of likely N-dealkylation sites (N-methyl/N-ethyl adjacent to an activating group) is 1. The van der Waals surface area contributed by atoms with E-state index < -0.39 is 18.1 Å². The number of allylic oxidation sites excluding steroid dienone is 8. The number of nitrogens with zero attached hydrogens (tertiary/aromatic N) is 1. The Hall–Kier alpha value is -2.71. The summed E-state index contributed by atoms with van der Waals surface area (Å²) < 4.78 is 17.1. The number of ether oxygens (including phenoxy) is 3. The fourth-order valence-electron chi connectivity index (χ4n) is 5.43. The molecule has 0 aliphatic heterocycles. The number of esters is 2. The molecule has 2 atom stereocenters. The van der Waals surface area contributed by atoms with E-state index in [9.17, 15) is 19.5 Å². The Morgan fingerprint density at radius 2 is 1.12 bits per heavy atom. The van der Waals surface area contributed by atoms with E-state index in [1.54, 1.807) is 0 Å². The van der Waals surface area contributed by atoms with Crippen molar-refractivity contribution in [3.8, 4) is 0 Å². The topological polar surface area (TPSA) is 99.1 Å². The molecule has 0 fully saturated rings. The predicted octanol–water partition coefficient (Wildman–Crippen LogP) is 10.1. The van der Waals surface area contributed by atoms with Crippen LogP contribution in [0.4, 0.5) is 0 Å². The van der Waals surface area contributed by atoms with Gasteiger partial charge >= 0.3 is 17.9 Å². The molecular weight excluding hydrogens is 630 g/mol. The maximum Gasteiger partial charge on any atom is 0.362 e. The van der Waals surface area contributed by atoms with Crippen LogP contribution in [0.2, 0.25) is 0 Å². The summed E-state index contributed by atoms with van der Waals surface area (Å²) in [5.74, 6) is -1.50. The Balaban J connectivity index is 4.22. The molecule has 0 bridgehead atoms. The van der Waals surface area contributed by atoms with Crippen LogP contribution in [0.5, 0.6) is 0 Å². The first-order valence-corrected chi connectivity index (χ1v) is 19.7. The summed E-state index contributed by atoms with van der Waals surface area (Å²) in [5.41, 5.74) is 0. The molecule has 0 aliphatic rings. The van der Waals surface area contributed by atoms with Crippen molar-refractivity contribution in [2.45, 2.75) is 161 Å². The molecule has 0 radical (unpaired) electrons. The Bertz CT molecular complexity index is 964. The second kappa shape index (κ2) is 33.4. The van der Waals surface area contributed by atoms with E-state index in [0.29, 0.717) is 19.3 Å². The molecule has 1 N–H and O–H groups in total. The van der Waals surface area contributed by atoms with Crippen LogP contribution in [-0.4, -0.2) is 80.6 Å². The molecule has 0 aromatic rings. The summed E-state index contributed by atoms with van der Waals surface area (Å²) >= 11 is 0. The van der Waals surface area contributed by atoms with Crippen molar-refractivity contribution in [1.82, 2.24) is 0 Å². The first kappa shape index (κ1) is 47.3. The number of rotatable bonds is 34. The Morgan fingerprint density at radius 1 is 0.620 bits per heavy atom. The smallest absolute Gasteiger partial charge is 0.362 e. The largest absolute Gasteiger partial charge is 0.477 e. The molecule has 0 saturated carbocycles. The third-order valence-electron chi connectivity index (χ3n) is 8.49. The molecule has 0 heterocycles. The number of hydrogen-bond acceptors (Lipinski definition) is 6. The number of hydrogen-bond donors (Lipinski definition) is 1. The zero-order valence-corrected chi connectivity index (χ0v) is 32.6. The van der Waals surface area contributed by atoms with E-state index in [4.69, 9.17) is 14.2 Å². The highest BCUT2D eigenvalue weighted by molar-refractivity contribution is 5.72.